The minimum absolute atomic E-state index is 0.00470. The standard InChI is InChI=1S/C32H42O13S2/c1-4-14-39-27(24-44-26(3)33)25-45-30(36)13-22-47-20-9-7-6-8-19-46-21-12-29(35)41-16-11-18-43-32(38)23-31(37)42-17-10-15-40-28(34)5-2/h1-2,12-13,21-22,27H,6-11,14-20,23-25H2,3H3/b21-12?,22-13+. The molecule has 0 bridgehead atoms. The molecule has 0 saturated carbocycles. The average molecular weight is 699 g/mol. The number of terminal acetylenes is 2. The van der Waals surface area contributed by atoms with Crippen LogP contribution in [-0.4, -0.2) is 99.7 Å². The molecule has 13 nitrogen and oxygen atoms in total. The van der Waals surface area contributed by atoms with Crippen LogP contribution in [0.4, 0.5) is 0 Å². The normalized spacial score (nSPS) is 11.2. The first-order chi connectivity index (χ1) is 22.7. The van der Waals surface area contributed by atoms with E-state index in [0.717, 1.165) is 37.2 Å². The first-order valence-electron chi connectivity index (χ1n) is 14.7. The van der Waals surface area contributed by atoms with Crippen LogP contribution in [0.1, 0.15) is 51.9 Å². The Hall–Kier alpha value is -3.92. The van der Waals surface area contributed by atoms with Crippen LogP contribution in [0.5, 0.6) is 0 Å². The molecular formula is C32H42O13S2. The molecule has 1 unspecified atom stereocenters. The summed E-state index contributed by atoms with van der Waals surface area (Å²) in [5.41, 5.74) is 0. The summed E-state index contributed by atoms with van der Waals surface area (Å²) < 4.78 is 34.6. The lowest BCUT2D eigenvalue weighted by Crippen LogP contribution is -2.28. The second-order valence-corrected chi connectivity index (χ2v) is 11.1. The smallest absolute Gasteiger partial charge is 0.384 e. The van der Waals surface area contributed by atoms with Gasteiger partial charge >= 0.3 is 35.8 Å². The summed E-state index contributed by atoms with van der Waals surface area (Å²) >= 11 is 3.00. The van der Waals surface area contributed by atoms with Crippen molar-refractivity contribution in [3.05, 3.63) is 23.0 Å². The predicted molar refractivity (Wildman–Crippen MR) is 174 cm³/mol. The van der Waals surface area contributed by atoms with Crippen LogP contribution in [0, 0.1) is 24.7 Å². The van der Waals surface area contributed by atoms with Crippen LogP contribution in [-0.2, 0) is 61.9 Å². The van der Waals surface area contributed by atoms with E-state index in [-0.39, 0.29) is 59.1 Å². The van der Waals surface area contributed by atoms with Crippen molar-refractivity contribution < 1.29 is 61.9 Å². The molecule has 0 aliphatic carbocycles. The number of rotatable bonds is 27. The molecule has 0 aliphatic rings. The van der Waals surface area contributed by atoms with Crippen LogP contribution in [0.3, 0.4) is 0 Å². The molecule has 1 atom stereocenters. The molecule has 47 heavy (non-hydrogen) atoms. The van der Waals surface area contributed by atoms with Gasteiger partial charge in [-0.25, -0.2) is 14.4 Å². The topological polar surface area (TPSA) is 167 Å². The third-order valence-corrected chi connectivity index (χ3v) is 6.85. The lowest BCUT2D eigenvalue weighted by atomic mass is 10.2. The lowest BCUT2D eigenvalue weighted by Gasteiger charge is -2.15. The highest BCUT2D eigenvalue weighted by atomic mass is 32.2. The highest BCUT2D eigenvalue weighted by Gasteiger charge is 2.14. The van der Waals surface area contributed by atoms with Crippen molar-refractivity contribution in [3.63, 3.8) is 0 Å². The van der Waals surface area contributed by atoms with E-state index >= 15 is 0 Å². The summed E-state index contributed by atoms with van der Waals surface area (Å²) in [5.74, 6) is 1.94. The summed E-state index contributed by atoms with van der Waals surface area (Å²) in [5, 5.41) is 3.35. The first-order valence-corrected chi connectivity index (χ1v) is 16.8. The van der Waals surface area contributed by atoms with Crippen molar-refractivity contribution in [2.45, 2.75) is 58.0 Å². The van der Waals surface area contributed by atoms with Gasteiger partial charge in [-0.15, -0.1) is 36.4 Å². The highest BCUT2D eigenvalue weighted by Crippen LogP contribution is 2.12. The molecule has 0 heterocycles. The number of hydrogen-bond acceptors (Lipinski definition) is 15. The Kier molecular flexibility index (Phi) is 28.2. The van der Waals surface area contributed by atoms with Gasteiger partial charge in [0.05, 0.1) is 26.4 Å². The Bertz CT molecular complexity index is 1110. The van der Waals surface area contributed by atoms with Gasteiger partial charge in [-0.2, -0.15) is 0 Å². The lowest BCUT2D eigenvalue weighted by molar-refractivity contribution is -0.155. The zero-order valence-corrected chi connectivity index (χ0v) is 28.1. The van der Waals surface area contributed by atoms with E-state index in [1.165, 1.54) is 42.6 Å². The summed E-state index contributed by atoms with van der Waals surface area (Å²) in [4.78, 5) is 68.5. The highest BCUT2D eigenvalue weighted by molar-refractivity contribution is 8.02. The second-order valence-electron chi connectivity index (χ2n) is 9.10. The summed E-state index contributed by atoms with van der Waals surface area (Å²) in [6.45, 7) is 1.12. The van der Waals surface area contributed by atoms with E-state index < -0.39 is 48.3 Å². The predicted octanol–water partition coefficient (Wildman–Crippen LogP) is 3.14. The SMILES string of the molecule is C#CCOC(COC(C)=O)COC(=O)/C=C/SCCCCCCSC=CC(=O)OCCCOC(=O)CC(=O)OCCCOC(=O)C#C. The van der Waals surface area contributed by atoms with Gasteiger partial charge in [-0.05, 0) is 35.2 Å². The number of carbonyl (C=O) groups is 6. The third-order valence-electron chi connectivity index (χ3n) is 5.15. The maximum absolute atomic E-state index is 11.8. The fourth-order valence-corrected chi connectivity index (χ4v) is 4.38. The molecule has 0 aromatic heterocycles. The molecule has 0 radical (unpaired) electrons. The fourth-order valence-electron chi connectivity index (χ4n) is 2.95. The quantitative estimate of drug-likeness (QED) is 0.0233. The monoisotopic (exact) mass is 698 g/mol. The number of thioether (sulfide) groups is 2. The van der Waals surface area contributed by atoms with Crippen molar-refractivity contribution in [1.29, 1.82) is 0 Å². The van der Waals surface area contributed by atoms with Gasteiger partial charge in [0.1, 0.15) is 32.3 Å². The molecule has 0 saturated heterocycles. The van der Waals surface area contributed by atoms with Crippen molar-refractivity contribution >= 4 is 59.3 Å². The van der Waals surface area contributed by atoms with Crippen LogP contribution in [0.2, 0.25) is 0 Å². The molecule has 260 valence electrons. The van der Waals surface area contributed by atoms with Crippen LogP contribution in [0.25, 0.3) is 0 Å². The Morgan fingerprint density at radius 1 is 0.660 bits per heavy atom. The number of carbonyl (C=O) groups excluding carboxylic acids is 6. The van der Waals surface area contributed by atoms with Gasteiger partial charge in [-0.3, -0.25) is 14.4 Å². The van der Waals surface area contributed by atoms with Crippen LogP contribution < -0.4 is 0 Å². The summed E-state index contributed by atoms with van der Waals surface area (Å²) in [6, 6.07) is 0. The minimum Gasteiger partial charge on any atom is -0.465 e. The van der Waals surface area contributed by atoms with E-state index in [1.54, 1.807) is 16.7 Å². The molecule has 0 N–H and O–H groups in total. The Labute approximate surface area is 284 Å². The zero-order chi connectivity index (χ0) is 35.0. The van der Waals surface area contributed by atoms with E-state index in [0.29, 0.717) is 0 Å². The Morgan fingerprint density at radius 2 is 1.17 bits per heavy atom. The minimum atomic E-state index is -0.807. The van der Waals surface area contributed by atoms with Crippen molar-refractivity contribution in [2.24, 2.45) is 0 Å². The van der Waals surface area contributed by atoms with Gasteiger partial charge in [-0.1, -0.05) is 18.8 Å². The maximum Gasteiger partial charge on any atom is 0.384 e. The molecule has 0 rings (SSSR count). The maximum atomic E-state index is 11.8. The largest absolute Gasteiger partial charge is 0.465 e. The Morgan fingerprint density at radius 3 is 1.70 bits per heavy atom. The summed E-state index contributed by atoms with van der Waals surface area (Å²) in [6.07, 6.45) is 16.0. The molecular weight excluding hydrogens is 656 g/mol. The molecule has 0 fully saturated rings. The van der Waals surface area contributed by atoms with Gasteiger partial charge in [0.25, 0.3) is 0 Å². The van der Waals surface area contributed by atoms with Crippen molar-refractivity contribution in [1.82, 2.24) is 0 Å². The number of esters is 6. The fraction of sp³-hybridized carbons (Fsp3) is 0.562. The molecule has 0 aromatic rings. The van der Waals surface area contributed by atoms with E-state index in [4.69, 9.17) is 41.3 Å². The molecule has 0 aromatic carbocycles. The van der Waals surface area contributed by atoms with Crippen molar-refractivity contribution in [2.75, 3.05) is 57.8 Å². The third kappa shape index (κ3) is 30.5. The second kappa shape index (κ2) is 30.7. The molecule has 15 heteroatoms. The van der Waals surface area contributed by atoms with Crippen molar-refractivity contribution in [3.8, 4) is 24.7 Å². The van der Waals surface area contributed by atoms with Gasteiger partial charge in [0.15, 0.2) is 0 Å². The average Bonchev–Trinajstić information content (AvgIpc) is 3.04. The van der Waals surface area contributed by atoms with Gasteiger partial charge in [0.2, 0.25) is 0 Å². The molecule has 0 spiro atoms. The van der Waals surface area contributed by atoms with Gasteiger partial charge in [0, 0.05) is 37.8 Å². The number of unbranched alkanes of at least 4 members (excludes halogenated alkanes) is 3. The van der Waals surface area contributed by atoms with Gasteiger partial charge < -0.3 is 33.2 Å². The number of hydrogen-bond donors (Lipinski definition) is 0. The van der Waals surface area contributed by atoms with E-state index in [2.05, 4.69) is 10.7 Å². The Balaban J connectivity index is 3.71. The van der Waals surface area contributed by atoms with Crippen LogP contribution in [0.15, 0.2) is 23.0 Å². The first kappa shape index (κ1) is 43.1. The zero-order valence-electron chi connectivity index (χ0n) is 26.5. The molecule has 0 amide bonds. The van der Waals surface area contributed by atoms with E-state index in [1.807, 2.05) is 0 Å². The van der Waals surface area contributed by atoms with Crippen LogP contribution >= 0.6 is 23.5 Å². The summed E-state index contributed by atoms with van der Waals surface area (Å²) in [7, 11) is 0. The molecule has 0 aliphatic heterocycles. The number of ether oxygens (including phenoxy) is 7. The van der Waals surface area contributed by atoms with E-state index in [9.17, 15) is 28.8 Å².